The van der Waals surface area contributed by atoms with Crippen molar-refractivity contribution in [2.75, 3.05) is 4.90 Å². The lowest BCUT2D eigenvalue weighted by Crippen LogP contribution is -2.65. The Hall–Kier alpha value is -1.76. The number of piperidine rings is 2. The van der Waals surface area contributed by atoms with E-state index >= 15 is 0 Å². The van der Waals surface area contributed by atoms with Crippen LogP contribution >= 0.6 is 0 Å². The van der Waals surface area contributed by atoms with Crippen molar-refractivity contribution < 1.29 is 0 Å². The van der Waals surface area contributed by atoms with Gasteiger partial charge in [-0.15, -0.1) is 0 Å². The van der Waals surface area contributed by atoms with Gasteiger partial charge in [0.05, 0.1) is 0 Å². The summed E-state index contributed by atoms with van der Waals surface area (Å²) in [5, 5.41) is 0. The van der Waals surface area contributed by atoms with Crippen molar-refractivity contribution in [3.8, 4) is 11.1 Å². The standard InChI is InChI=1S/C26H33N/c1-17-15-22-20(19-9-7-8-10-21(19)24(22,3)4)16-23(17)27-18(2)25(5)11-13-26(27,6)14-12-25/h7-10,15-16,18H,11-14H2,1-6H3/t18-,25?,26?/m0/s1. The Labute approximate surface area is 164 Å². The van der Waals surface area contributed by atoms with Gasteiger partial charge in [0.15, 0.2) is 0 Å². The molecule has 1 saturated carbocycles. The molecule has 0 N–H and O–H groups in total. The monoisotopic (exact) mass is 359 g/mol. The fourth-order valence-corrected chi connectivity index (χ4v) is 6.40. The molecule has 1 heteroatoms. The smallest absolute Gasteiger partial charge is 0.0409 e. The van der Waals surface area contributed by atoms with Gasteiger partial charge in [0.25, 0.3) is 0 Å². The molecule has 6 rings (SSSR count). The third kappa shape index (κ3) is 2.12. The molecule has 0 unspecified atom stereocenters. The number of benzene rings is 2. The molecule has 0 amide bonds. The average Bonchev–Trinajstić information content (AvgIpc) is 2.85. The summed E-state index contributed by atoms with van der Waals surface area (Å²) < 4.78 is 0. The van der Waals surface area contributed by atoms with Crippen molar-refractivity contribution in [1.82, 2.24) is 0 Å². The minimum absolute atomic E-state index is 0.0949. The first-order chi connectivity index (χ1) is 12.7. The minimum Gasteiger partial charge on any atom is -0.363 e. The quantitative estimate of drug-likeness (QED) is 0.538. The molecule has 2 aliphatic carbocycles. The van der Waals surface area contributed by atoms with Crippen LogP contribution in [0.3, 0.4) is 0 Å². The fourth-order valence-electron chi connectivity index (χ4n) is 6.40. The zero-order valence-corrected chi connectivity index (χ0v) is 17.8. The van der Waals surface area contributed by atoms with Crippen LogP contribution in [0.5, 0.6) is 0 Å². The van der Waals surface area contributed by atoms with E-state index in [0.717, 1.165) is 0 Å². The maximum atomic E-state index is 2.81. The van der Waals surface area contributed by atoms with Crippen molar-refractivity contribution in [2.45, 2.75) is 84.2 Å². The first kappa shape index (κ1) is 17.3. The number of hydrogen-bond donors (Lipinski definition) is 0. The molecule has 2 saturated heterocycles. The molecule has 3 fully saturated rings. The third-order valence-corrected chi connectivity index (χ3v) is 8.61. The van der Waals surface area contributed by atoms with E-state index in [1.807, 2.05) is 0 Å². The van der Waals surface area contributed by atoms with Crippen molar-refractivity contribution in [1.29, 1.82) is 0 Å². The highest BCUT2D eigenvalue weighted by Gasteiger charge is 2.53. The Morgan fingerprint density at radius 3 is 2.22 bits per heavy atom. The van der Waals surface area contributed by atoms with Gasteiger partial charge in [0.1, 0.15) is 0 Å². The highest BCUT2D eigenvalue weighted by Crippen LogP contribution is 2.57. The summed E-state index contributed by atoms with van der Waals surface area (Å²) >= 11 is 0. The van der Waals surface area contributed by atoms with Gasteiger partial charge in [-0.05, 0) is 85.8 Å². The molecule has 1 nitrogen and oxygen atoms in total. The second-order valence-corrected chi connectivity index (χ2v) is 10.6. The molecule has 2 aliphatic heterocycles. The Morgan fingerprint density at radius 1 is 0.852 bits per heavy atom. The van der Waals surface area contributed by atoms with Gasteiger partial charge in [0.2, 0.25) is 0 Å². The zero-order chi connectivity index (χ0) is 19.2. The Morgan fingerprint density at radius 2 is 1.52 bits per heavy atom. The van der Waals surface area contributed by atoms with Crippen LogP contribution in [0.4, 0.5) is 5.69 Å². The topological polar surface area (TPSA) is 3.24 Å². The van der Waals surface area contributed by atoms with E-state index in [1.54, 1.807) is 0 Å². The van der Waals surface area contributed by atoms with Crippen molar-refractivity contribution >= 4 is 5.69 Å². The van der Waals surface area contributed by atoms with Crippen LogP contribution in [0, 0.1) is 12.3 Å². The van der Waals surface area contributed by atoms with E-state index in [4.69, 9.17) is 0 Å². The van der Waals surface area contributed by atoms with E-state index in [-0.39, 0.29) is 5.41 Å². The summed E-state index contributed by atoms with van der Waals surface area (Å²) in [5.41, 5.74) is 9.64. The van der Waals surface area contributed by atoms with Crippen LogP contribution in [0.1, 0.15) is 77.0 Å². The van der Waals surface area contributed by atoms with Gasteiger partial charge >= 0.3 is 0 Å². The number of anilines is 1. The number of aryl methyl sites for hydroxylation is 1. The minimum atomic E-state index is 0.0949. The number of fused-ring (bicyclic) bond motifs is 6. The molecular formula is C26H33N. The van der Waals surface area contributed by atoms with E-state index in [2.05, 4.69) is 82.8 Å². The second kappa shape index (κ2) is 5.19. The molecular weight excluding hydrogens is 326 g/mol. The lowest BCUT2D eigenvalue weighted by Gasteiger charge is -2.63. The maximum absolute atomic E-state index is 2.81. The van der Waals surface area contributed by atoms with Crippen LogP contribution in [0.2, 0.25) is 0 Å². The molecule has 0 spiro atoms. The van der Waals surface area contributed by atoms with Crippen LogP contribution < -0.4 is 4.90 Å². The molecule has 0 aromatic heterocycles. The van der Waals surface area contributed by atoms with E-state index in [1.165, 1.54) is 59.2 Å². The largest absolute Gasteiger partial charge is 0.363 e. The van der Waals surface area contributed by atoms with Crippen molar-refractivity contribution in [2.24, 2.45) is 5.41 Å². The van der Waals surface area contributed by atoms with Gasteiger partial charge in [-0.1, -0.05) is 51.1 Å². The second-order valence-electron chi connectivity index (χ2n) is 10.6. The molecule has 2 aromatic rings. The highest BCUT2D eigenvalue weighted by molar-refractivity contribution is 5.84. The average molecular weight is 360 g/mol. The molecule has 0 radical (unpaired) electrons. The predicted octanol–water partition coefficient (Wildman–Crippen LogP) is 6.85. The van der Waals surface area contributed by atoms with Gasteiger partial charge < -0.3 is 4.90 Å². The summed E-state index contributed by atoms with van der Waals surface area (Å²) in [6, 6.07) is 14.6. The van der Waals surface area contributed by atoms with Gasteiger partial charge in [-0.3, -0.25) is 0 Å². The van der Waals surface area contributed by atoms with Crippen LogP contribution in [-0.2, 0) is 5.41 Å². The first-order valence-electron chi connectivity index (χ1n) is 10.7. The summed E-state index contributed by atoms with van der Waals surface area (Å²) in [6.45, 7) is 14.6. The summed E-state index contributed by atoms with van der Waals surface area (Å²) in [7, 11) is 0. The lowest BCUT2D eigenvalue weighted by molar-refractivity contribution is 0.0509. The van der Waals surface area contributed by atoms with Gasteiger partial charge in [0, 0.05) is 22.7 Å². The molecule has 2 aromatic carbocycles. The van der Waals surface area contributed by atoms with Crippen molar-refractivity contribution in [3.05, 3.63) is 53.1 Å². The number of nitrogens with zero attached hydrogens (tertiary/aromatic N) is 1. The van der Waals surface area contributed by atoms with Crippen LogP contribution in [0.25, 0.3) is 11.1 Å². The third-order valence-electron chi connectivity index (χ3n) is 8.61. The van der Waals surface area contributed by atoms with E-state index in [9.17, 15) is 0 Å². The lowest BCUT2D eigenvalue weighted by atomic mass is 9.59. The Bertz CT molecular complexity index is 927. The van der Waals surface area contributed by atoms with E-state index in [0.29, 0.717) is 17.0 Å². The fraction of sp³-hybridized carbons (Fsp3) is 0.538. The highest BCUT2D eigenvalue weighted by atomic mass is 15.3. The van der Waals surface area contributed by atoms with Crippen LogP contribution in [-0.4, -0.2) is 11.6 Å². The maximum Gasteiger partial charge on any atom is 0.0409 e. The molecule has 27 heavy (non-hydrogen) atoms. The summed E-state index contributed by atoms with van der Waals surface area (Å²) in [4.78, 5) is 2.81. The molecule has 1 atom stereocenters. The molecule has 2 bridgehead atoms. The first-order valence-corrected chi connectivity index (χ1v) is 10.7. The molecule has 4 aliphatic rings. The summed E-state index contributed by atoms with van der Waals surface area (Å²) in [6.07, 6.45) is 5.40. The molecule has 2 heterocycles. The number of hydrogen-bond acceptors (Lipinski definition) is 1. The van der Waals surface area contributed by atoms with Crippen molar-refractivity contribution in [3.63, 3.8) is 0 Å². The van der Waals surface area contributed by atoms with Gasteiger partial charge in [-0.2, -0.15) is 0 Å². The Kier molecular flexibility index (Phi) is 3.33. The Balaban J connectivity index is 1.71. The van der Waals surface area contributed by atoms with E-state index < -0.39 is 0 Å². The van der Waals surface area contributed by atoms with Crippen LogP contribution in [0.15, 0.2) is 36.4 Å². The van der Waals surface area contributed by atoms with Gasteiger partial charge in [-0.25, -0.2) is 0 Å². The predicted molar refractivity (Wildman–Crippen MR) is 116 cm³/mol. The molecule has 142 valence electrons. The number of rotatable bonds is 1. The SMILES string of the molecule is Cc1cc2c(cc1N1[C@@H](C)C3(C)CCC1(C)CC3)-c1ccccc1C2(C)C. The normalized spacial score (nSPS) is 33.1. The zero-order valence-electron chi connectivity index (χ0n) is 17.8. The summed E-state index contributed by atoms with van der Waals surface area (Å²) in [5.74, 6) is 0.